The summed E-state index contributed by atoms with van der Waals surface area (Å²) in [6.45, 7) is 3.11. The van der Waals surface area contributed by atoms with Gasteiger partial charge in [-0.25, -0.2) is 14.8 Å². The van der Waals surface area contributed by atoms with E-state index in [0.29, 0.717) is 18.8 Å². The van der Waals surface area contributed by atoms with Gasteiger partial charge in [0.25, 0.3) is 0 Å². The van der Waals surface area contributed by atoms with E-state index in [0.717, 1.165) is 5.56 Å². The van der Waals surface area contributed by atoms with Crippen molar-refractivity contribution in [2.75, 3.05) is 0 Å². The molecule has 2 rings (SSSR count). The quantitative estimate of drug-likeness (QED) is 0.853. The molecule has 2 N–H and O–H groups in total. The van der Waals surface area contributed by atoms with E-state index in [1.165, 1.54) is 18.1 Å². The SMILES string of the molecule is Cc1ccc(CNCc2ncncc2C(=O)O)cc1. The van der Waals surface area contributed by atoms with Crippen molar-refractivity contribution in [3.8, 4) is 0 Å². The topological polar surface area (TPSA) is 75.1 Å². The third-order valence-electron chi connectivity index (χ3n) is 2.77. The van der Waals surface area contributed by atoms with Gasteiger partial charge in [0.2, 0.25) is 0 Å². The van der Waals surface area contributed by atoms with Crippen molar-refractivity contribution < 1.29 is 9.90 Å². The first kappa shape index (κ1) is 13.2. The van der Waals surface area contributed by atoms with Gasteiger partial charge in [0.05, 0.1) is 5.69 Å². The molecule has 0 fully saturated rings. The maximum atomic E-state index is 11.0. The minimum absolute atomic E-state index is 0.138. The highest BCUT2D eigenvalue weighted by Crippen LogP contribution is 2.05. The number of rotatable bonds is 5. The van der Waals surface area contributed by atoms with E-state index in [4.69, 9.17) is 5.11 Å². The monoisotopic (exact) mass is 257 g/mol. The van der Waals surface area contributed by atoms with Crippen LogP contribution in [0.5, 0.6) is 0 Å². The zero-order valence-electron chi connectivity index (χ0n) is 10.6. The van der Waals surface area contributed by atoms with Gasteiger partial charge in [-0.05, 0) is 12.5 Å². The van der Waals surface area contributed by atoms with Crippen LogP contribution >= 0.6 is 0 Å². The second-order valence-electron chi connectivity index (χ2n) is 4.28. The molecule has 0 saturated heterocycles. The van der Waals surface area contributed by atoms with Crippen molar-refractivity contribution in [3.05, 3.63) is 59.2 Å². The van der Waals surface area contributed by atoms with Crippen LogP contribution < -0.4 is 5.32 Å². The third-order valence-corrected chi connectivity index (χ3v) is 2.77. The summed E-state index contributed by atoms with van der Waals surface area (Å²) in [5, 5.41) is 12.2. The average Bonchev–Trinajstić information content (AvgIpc) is 2.41. The molecular formula is C14H15N3O2. The maximum absolute atomic E-state index is 11.0. The van der Waals surface area contributed by atoms with Gasteiger partial charge in [-0.1, -0.05) is 29.8 Å². The lowest BCUT2D eigenvalue weighted by atomic mass is 10.1. The van der Waals surface area contributed by atoms with Gasteiger partial charge >= 0.3 is 5.97 Å². The van der Waals surface area contributed by atoms with Crippen LogP contribution in [0.15, 0.2) is 36.8 Å². The summed E-state index contributed by atoms with van der Waals surface area (Å²) in [5.74, 6) is -1.01. The van der Waals surface area contributed by atoms with Crippen molar-refractivity contribution in [1.29, 1.82) is 0 Å². The van der Waals surface area contributed by atoms with Gasteiger partial charge in [-0.15, -0.1) is 0 Å². The molecule has 0 aliphatic rings. The van der Waals surface area contributed by atoms with Crippen molar-refractivity contribution in [1.82, 2.24) is 15.3 Å². The molecule has 2 aromatic rings. The number of hydrogen-bond acceptors (Lipinski definition) is 4. The molecule has 1 heterocycles. The highest BCUT2D eigenvalue weighted by Gasteiger charge is 2.10. The largest absolute Gasteiger partial charge is 0.478 e. The maximum Gasteiger partial charge on any atom is 0.339 e. The molecule has 5 heteroatoms. The lowest BCUT2D eigenvalue weighted by Crippen LogP contribution is -2.17. The molecule has 0 aliphatic heterocycles. The van der Waals surface area contributed by atoms with Crippen molar-refractivity contribution >= 4 is 5.97 Å². The molecular weight excluding hydrogens is 242 g/mol. The number of carboxylic acids is 1. The van der Waals surface area contributed by atoms with Gasteiger partial charge in [-0.2, -0.15) is 0 Å². The molecule has 0 spiro atoms. The van der Waals surface area contributed by atoms with Crippen LogP contribution in [0.4, 0.5) is 0 Å². The molecule has 1 aromatic carbocycles. The Morgan fingerprint density at radius 3 is 2.68 bits per heavy atom. The highest BCUT2D eigenvalue weighted by molar-refractivity contribution is 5.88. The molecule has 19 heavy (non-hydrogen) atoms. The average molecular weight is 257 g/mol. The fourth-order valence-corrected chi connectivity index (χ4v) is 1.71. The van der Waals surface area contributed by atoms with E-state index in [2.05, 4.69) is 15.3 Å². The summed E-state index contributed by atoms with van der Waals surface area (Å²) in [5.41, 5.74) is 3.00. The zero-order chi connectivity index (χ0) is 13.7. The van der Waals surface area contributed by atoms with Gasteiger partial charge < -0.3 is 10.4 Å². The fraction of sp³-hybridized carbons (Fsp3) is 0.214. The first-order chi connectivity index (χ1) is 9.16. The minimum atomic E-state index is -1.01. The first-order valence-electron chi connectivity index (χ1n) is 5.95. The molecule has 0 bridgehead atoms. The van der Waals surface area contributed by atoms with Crippen molar-refractivity contribution in [3.63, 3.8) is 0 Å². The van der Waals surface area contributed by atoms with E-state index >= 15 is 0 Å². The number of nitrogens with one attached hydrogen (secondary N) is 1. The van der Waals surface area contributed by atoms with Crippen LogP contribution in [0.25, 0.3) is 0 Å². The predicted octanol–water partition coefficient (Wildman–Crippen LogP) is 1.77. The Hall–Kier alpha value is -2.27. The Bertz CT molecular complexity index is 567. The van der Waals surface area contributed by atoms with E-state index < -0.39 is 5.97 Å². The Balaban J connectivity index is 1.96. The number of carboxylic acid groups (broad SMARTS) is 1. The number of aromatic carboxylic acids is 1. The molecule has 5 nitrogen and oxygen atoms in total. The molecule has 0 amide bonds. The number of nitrogens with zero attached hydrogens (tertiary/aromatic N) is 2. The van der Waals surface area contributed by atoms with Crippen LogP contribution in [0, 0.1) is 6.92 Å². The van der Waals surface area contributed by atoms with E-state index in [1.807, 2.05) is 31.2 Å². The van der Waals surface area contributed by atoms with Gasteiger partial charge in [0.15, 0.2) is 0 Å². The number of benzene rings is 1. The second kappa shape index (κ2) is 6.06. The van der Waals surface area contributed by atoms with Crippen molar-refractivity contribution in [2.24, 2.45) is 0 Å². The molecule has 98 valence electrons. The summed E-state index contributed by atoms with van der Waals surface area (Å²) in [6.07, 6.45) is 2.67. The van der Waals surface area contributed by atoms with Gasteiger partial charge in [-0.3, -0.25) is 0 Å². The molecule has 0 unspecified atom stereocenters. The molecule has 0 atom stereocenters. The lowest BCUT2D eigenvalue weighted by Gasteiger charge is -2.06. The lowest BCUT2D eigenvalue weighted by molar-refractivity contribution is 0.0694. The predicted molar refractivity (Wildman–Crippen MR) is 70.7 cm³/mol. The van der Waals surface area contributed by atoms with Crippen molar-refractivity contribution in [2.45, 2.75) is 20.0 Å². The first-order valence-corrected chi connectivity index (χ1v) is 5.95. The summed E-state index contributed by atoms with van der Waals surface area (Å²) in [4.78, 5) is 18.7. The van der Waals surface area contributed by atoms with Gasteiger partial charge in [0.1, 0.15) is 11.9 Å². The highest BCUT2D eigenvalue weighted by atomic mass is 16.4. The molecule has 0 saturated carbocycles. The standard InChI is InChI=1S/C14H15N3O2/c1-10-2-4-11(5-3-10)6-15-8-13-12(14(18)19)7-16-9-17-13/h2-5,7,9,15H,6,8H2,1H3,(H,18,19). The van der Waals surface area contributed by atoms with Crippen LogP contribution in [-0.4, -0.2) is 21.0 Å². The normalized spacial score (nSPS) is 10.4. The summed E-state index contributed by atoms with van der Waals surface area (Å²) < 4.78 is 0. The number of aryl methyl sites for hydroxylation is 1. The molecule has 0 radical (unpaired) electrons. The van der Waals surface area contributed by atoms with E-state index in [1.54, 1.807) is 0 Å². The Morgan fingerprint density at radius 2 is 2.00 bits per heavy atom. The van der Waals surface area contributed by atoms with Crippen LogP contribution in [0.3, 0.4) is 0 Å². The van der Waals surface area contributed by atoms with E-state index in [9.17, 15) is 4.79 Å². The zero-order valence-corrected chi connectivity index (χ0v) is 10.6. The van der Waals surface area contributed by atoms with E-state index in [-0.39, 0.29) is 5.56 Å². The molecule has 0 aliphatic carbocycles. The Labute approximate surface area is 111 Å². The smallest absolute Gasteiger partial charge is 0.339 e. The Kier molecular flexibility index (Phi) is 4.20. The third kappa shape index (κ3) is 3.59. The van der Waals surface area contributed by atoms with Crippen LogP contribution in [-0.2, 0) is 13.1 Å². The second-order valence-corrected chi connectivity index (χ2v) is 4.28. The van der Waals surface area contributed by atoms with Crippen LogP contribution in [0.1, 0.15) is 27.2 Å². The number of hydrogen-bond donors (Lipinski definition) is 2. The van der Waals surface area contributed by atoms with Gasteiger partial charge in [0, 0.05) is 19.3 Å². The minimum Gasteiger partial charge on any atom is -0.478 e. The number of carbonyl (C=O) groups is 1. The summed E-state index contributed by atoms with van der Waals surface area (Å²) in [7, 11) is 0. The number of aromatic nitrogens is 2. The van der Waals surface area contributed by atoms with Crippen LogP contribution in [0.2, 0.25) is 0 Å². The molecule has 1 aromatic heterocycles. The summed E-state index contributed by atoms with van der Waals surface area (Å²) >= 11 is 0. The summed E-state index contributed by atoms with van der Waals surface area (Å²) in [6, 6.07) is 8.18. The fourth-order valence-electron chi connectivity index (χ4n) is 1.71. The Morgan fingerprint density at radius 1 is 1.26 bits per heavy atom.